The van der Waals surface area contributed by atoms with Crippen molar-refractivity contribution in [1.82, 2.24) is 4.90 Å². The Morgan fingerprint density at radius 3 is 2.26 bits per heavy atom. The van der Waals surface area contributed by atoms with Crippen molar-refractivity contribution in [2.75, 3.05) is 19.6 Å². The van der Waals surface area contributed by atoms with Gasteiger partial charge in [-0.25, -0.2) is 0 Å². The fourth-order valence-corrected chi connectivity index (χ4v) is 3.00. The molecule has 0 aliphatic heterocycles. The van der Waals surface area contributed by atoms with Gasteiger partial charge in [0.1, 0.15) is 0 Å². The van der Waals surface area contributed by atoms with Crippen LogP contribution >= 0.6 is 11.6 Å². The van der Waals surface area contributed by atoms with E-state index in [-0.39, 0.29) is 0 Å². The monoisotopic (exact) mass is 278 g/mol. The van der Waals surface area contributed by atoms with Crippen LogP contribution in [0, 0.1) is 11.8 Å². The van der Waals surface area contributed by atoms with Crippen molar-refractivity contribution < 1.29 is 0 Å². The molecule has 2 aliphatic rings. The molecular formula is C16H23ClN2. The van der Waals surface area contributed by atoms with Gasteiger partial charge >= 0.3 is 0 Å². The summed E-state index contributed by atoms with van der Waals surface area (Å²) in [6.07, 6.45) is 5.59. The molecule has 0 saturated heterocycles. The van der Waals surface area contributed by atoms with Gasteiger partial charge in [0.15, 0.2) is 0 Å². The Morgan fingerprint density at radius 1 is 1.16 bits per heavy atom. The average Bonchev–Trinajstić information content (AvgIpc) is 3.25. The zero-order valence-electron chi connectivity index (χ0n) is 11.4. The zero-order valence-corrected chi connectivity index (χ0v) is 12.1. The van der Waals surface area contributed by atoms with Gasteiger partial charge in [-0.2, -0.15) is 0 Å². The standard InChI is InChI=1S/C16H23ClN2/c17-15-3-1-2-14(8-15)16(9-18)19(10-12-4-5-12)11-13-6-7-13/h1-3,8,12-13,16H,4-7,9-11,18H2. The van der Waals surface area contributed by atoms with Crippen LogP contribution in [-0.4, -0.2) is 24.5 Å². The van der Waals surface area contributed by atoms with E-state index in [9.17, 15) is 0 Å². The summed E-state index contributed by atoms with van der Waals surface area (Å²) < 4.78 is 0. The second-order valence-corrected chi connectivity index (χ2v) is 6.58. The van der Waals surface area contributed by atoms with E-state index in [2.05, 4.69) is 17.0 Å². The molecule has 2 N–H and O–H groups in total. The van der Waals surface area contributed by atoms with Gasteiger partial charge in [0.25, 0.3) is 0 Å². The highest BCUT2D eigenvalue weighted by Gasteiger charge is 2.32. The molecule has 1 atom stereocenters. The third kappa shape index (κ3) is 3.71. The number of halogens is 1. The highest BCUT2D eigenvalue weighted by atomic mass is 35.5. The Labute approximate surface area is 120 Å². The lowest BCUT2D eigenvalue weighted by atomic mass is 10.0. The molecule has 0 heterocycles. The van der Waals surface area contributed by atoms with Gasteiger partial charge in [-0.15, -0.1) is 0 Å². The molecule has 0 aromatic heterocycles. The van der Waals surface area contributed by atoms with E-state index in [1.165, 1.54) is 44.3 Å². The van der Waals surface area contributed by atoms with E-state index < -0.39 is 0 Å². The number of hydrogen-bond donors (Lipinski definition) is 1. The first-order valence-electron chi connectivity index (χ1n) is 7.46. The predicted molar refractivity (Wildman–Crippen MR) is 80.3 cm³/mol. The van der Waals surface area contributed by atoms with E-state index in [4.69, 9.17) is 17.3 Å². The summed E-state index contributed by atoms with van der Waals surface area (Å²) >= 11 is 6.13. The van der Waals surface area contributed by atoms with Crippen molar-refractivity contribution in [2.24, 2.45) is 17.6 Å². The lowest BCUT2D eigenvalue weighted by Crippen LogP contribution is -2.36. The summed E-state index contributed by atoms with van der Waals surface area (Å²) in [6.45, 7) is 3.11. The Hall–Kier alpha value is -0.570. The lowest BCUT2D eigenvalue weighted by Gasteiger charge is -2.31. The van der Waals surface area contributed by atoms with Gasteiger partial charge < -0.3 is 5.73 Å². The highest BCUT2D eigenvalue weighted by molar-refractivity contribution is 6.30. The number of rotatable bonds is 7. The molecule has 2 fully saturated rings. The van der Waals surface area contributed by atoms with E-state index >= 15 is 0 Å². The maximum Gasteiger partial charge on any atom is 0.0471 e. The molecule has 1 aromatic carbocycles. The largest absolute Gasteiger partial charge is 0.329 e. The summed E-state index contributed by atoms with van der Waals surface area (Å²) in [5.41, 5.74) is 7.34. The third-order valence-corrected chi connectivity index (χ3v) is 4.51. The van der Waals surface area contributed by atoms with Gasteiger partial charge in [0.2, 0.25) is 0 Å². The molecule has 1 unspecified atom stereocenters. The fourth-order valence-electron chi connectivity index (χ4n) is 2.80. The highest BCUT2D eigenvalue weighted by Crippen LogP contribution is 2.37. The third-order valence-electron chi connectivity index (χ3n) is 4.28. The van der Waals surface area contributed by atoms with Gasteiger partial charge in [-0.3, -0.25) is 4.90 Å². The van der Waals surface area contributed by atoms with Crippen molar-refractivity contribution in [3.05, 3.63) is 34.9 Å². The van der Waals surface area contributed by atoms with Crippen molar-refractivity contribution in [3.8, 4) is 0 Å². The van der Waals surface area contributed by atoms with Crippen LogP contribution in [0.15, 0.2) is 24.3 Å². The summed E-state index contributed by atoms with van der Waals surface area (Å²) in [7, 11) is 0. The quantitative estimate of drug-likeness (QED) is 0.828. The van der Waals surface area contributed by atoms with Crippen LogP contribution < -0.4 is 5.73 Å². The second-order valence-electron chi connectivity index (χ2n) is 6.15. The molecule has 2 nitrogen and oxygen atoms in total. The molecule has 2 aliphatic carbocycles. The Morgan fingerprint density at radius 2 is 1.79 bits per heavy atom. The second kappa shape index (κ2) is 5.82. The van der Waals surface area contributed by atoms with Crippen LogP contribution in [0.25, 0.3) is 0 Å². The first-order chi connectivity index (χ1) is 9.26. The normalized spacial score (nSPS) is 20.8. The lowest BCUT2D eigenvalue weighted by molar-refractivity contribution is 0.185. The topological polar surface area (TPSA) is 29.3 Å². The number of nitrogens with zero attached hydrogens (tertiary/aromatic N) is 1. The Bertz CT molecular complexity index is 413. The van der Waals surface area contributed by atoms with E-state index in [0.717, 1.165) is 16.9 Å². The van der Waals surface area contributed by atoms with Crippen LogP contribution in [-0.2, 0) is 0 Å². The molecule has 2 saturated carbocycles. The molecule has 0 bridgehead atoms. The Balaban J connectivity index is 1.75. The summed E-state index contributed by atoms with van der Waals surface area (Å²) in [4.78, 5) is 2.61. The maximum absolute atomic E-state index is 6.13. The molecule has 3 rings (SSSR count). The molecule has 19 heavy (non-hydrogen) atoms. The number of hydrogen-bond acceptors (Lipinski definition) is 2. The predicted octanol–water partition coefficient (Wildman–Crippen LogP) is 3.46. The van der Waals surface area contributed by atoms with Gasteiger partial charge in [-0.05, 0) is 55.2 Å². The van der Waals surface area contributed by atoms with Crippen molar-refractivity contribution in [2.45, 2.75) is 31.7 Å². The van der Waals surface area contributed by atoms with Gasteiger partial charge in [0, 0.05) is 30.7 Å². The molecule has 104 valence electrons. The number of nitrogens with two attached hydrogens (primary N) is 1. The van der Waals surface area contributed by atoms with E-state index in [1.54, 1.807) is 0 Å². The first-order valence-corrected chi connectivity index (χ1v) is 7.83. The summed E-state index contributed by atoms with van der Waals surface area (Å²) in [6, 6.07) is 8.54. The van der Waals surface area contributed by atoms with Crippen molar-refractivity contribution in [3.63, 3.8) is 0 Å². The van der Waals surface area contributed by atoms with Crippen LogP contribution in [0.5, 0.6) is 0 Å². The van der Waals surface area contributed by atoms with Crippen LogP contribution in [0.3, 0.4) is 0 Å². The molecule has 0 radical (unpaired) electrons. The Kier molecular flexibility index (Phi) is 4.11. The number of benzene rings is 1. The van der Waals surface area contributed by atoms with Gasteiger partial charge in [-0.1, -0.05) is 23.7 Å². The minimum atomic E-state index is 0.333. The molecule has 3 heteroatoms. The van der Waals surface area contributed by atoms with Crippen LogP contribution in [0.2, 0.25) is 5.02 Å². The maximum atomic E-state index is 6.13. The first kappa shape index (κ1) is 13.4. The summed E-state index contributed by atoms with van der Waals surface area (Å²) in [5, 5.41) is 0.814. The summed E-state index contributed by atoms with van der Waals surface area (Å²) in [5.74, 6) is 1.82. The average molecular weight is 279 g/mol. The smallest absolute Gasteiger partial charge is 0.0471 e. The fraction of sp³-hybridized carbons (Fsp3) is 0.625. The van der Waals surface area contributed by atoms with Crippen LogP contribution in [0.1, 0.15) is 37.3 Å². The van der Waals surface area contributed by atoms with Crippen molar-refractivity contribution >= 4 is 11.6 Å². The van der Waals surface area contributed by atoms with Crippen LogP contribution in [0.4, 0.5) is 0 Å². The molecule has 0 spiro atoms. The molecule has 1 aromatic rings. The van der Waals surface area contributed by atoms with E-state index in [1.807, 2.05) is 12.1 Å². The zero-order chi connectivity index (χ0) is 13.2. The molecule has 0 amide bonds. The minimum Gasteiger partial charge on any atom is -0.329 e. The van der Waals surface area contributed by atoms with Gasteiger partial charge in [0.05, 0.1) is 0 Å². The minimum absolute atomic E-state index is 0.333. The molecular weight excluding hydrogens is 256 g/mol. The van der Waals surface area contributed by atoms with E-state index in [0.29, 0.717) is 12.6 Å². The van der Waals surface area contributed by atoms with Crippen molar-refractivity contribution in [1.29, 1.82) is 0 Å². The SMILES string of the molecule is NCC(c1cccc(Cl)c1)N(CC1CC1)CC1CC1.